The molecule has 0 bridgehead atoms. The Labute approximate surface area is 193 Å². The lowest BCUT2D eigenvalue weighted by Crippen LogP contribution is -2.49. The number of aliphatic hydroxyl groups is 1. The monoisotopic (exact) mass is 446 g/mol. The van der Waals surface area contributed by atoms with Crippen molar-refractivity contribution in [2.24, 2.45) is 10.9 Å². The van der Waals surface area contributed by atoms with Crippen LogP contribution in [-0.2, 0) is 0 Å². The van der Waals surface area contributed by atoms with Gasteiger partial charge in [0, 0.05) is 38.3 Å². The average molecular weight is 447 g/mol. The smallest absolute Gasteiger partial charge is 0.191 e. The Morgan fingerprint density at radius 2 is 1.72 bits per heavy atom. The van der Waals surface area contributed by atoms with Crippen LogP contribution in [0.3, 0.4) is 0 Å². The number of aliphatic imine (C=N–C) groups is 1. The summed E-state index contributed by atoms with van der Waals surface area (Å²) in [6, 6.07) is 5.87. The summed E-state index contributed by atoms with van der Waals surface area (Å²) in [5, 5.41) is 17.6. The molecule has 0 radical (unpaired) electrons. The van der Waals surface area contributed by atoms with Gasteiger partial charge in [-0.15, -0.1) is 0 Å². The van der Waals surface area contributed by atoms with Gasteiger partial charge in [-0.1, -0.05) is 19.3 Å². The molecule has 1 aliphatic heterocycles. The molecule has 2 fully saturated rings. The van der Waals surface area contributed by atoms with Crippen molar-refractivity contribution in [3.05, 3.63) is 23.8 Å². The van der Waals surface area contributed by atoms with Crippen molar-refractivity contribution in [3.8, 4) is 11.5 Å². The highest BCUT2D eigenvalue weighted by atomic mass is 16.5. The van der Waals surface area contributed by atoms with Crippen LogP contribution >= 0.6 is 0 Å². The molecule has 2 aliphatic rings. The maximum absolute atomic E-state index is 10.7. The van der Waals surface area contributed by atoms with Crippen molar-refractivity contribution in [1.82, 2.24) is 15.5 Å². The third kappa shape index (κ3) is 7.55. The van der Waals surface area contributed by atoms with Crippen LogP contribution in [0.1, 0.15) is 63.5 Å². The van der Waals surface area contributed by atoms with E-state index in [1.54, 1.807) is 20.3 Å². The van der Waals surface area contributed by atoms with Gasteiger partial charge in [-0.25, -0.2) is 0 Å². The van der Waals surface area contributed by atoms with Crippen molar-refractivity contribution in [3.63, 3.8) is 0 Å². The molecule has 1 saturated carbocycles. The fourth-order valence-corrected chi connectivity index (χ4v) is 4.81. The van der Waals surface area contributed by atoms with Gasteiger partial charge in [0.25, 0.3) is 0 Å². The molecule has 3 rings (SSSR count). The number of aliphatic hydroxyl groups excluding tert-OH is 1. The molecule has 1 aliphatic carbocycles. The standard InChI is InChI=1S/C25H42N4O3/c1-4-26-25(27-17-24(30)20-14-22(31-2)16-23(15-20)32-3)28-21-10-12-29(13-11-21)18-19-8-6-5-7-9-19/h14-16,19,21,24,30H,4-13,17-18H2,1-3H3,(H2,26,27,28). The average Bonchev–Trinajstić information content (AvgIpc) is 2.84. The van der Waals surface area contributed by atoms with Gasteiger partial charge >= 0.3 is 0 Å². The Balaban J connectivity index is 1.50. The number of methoxy groups -OCH3 is 2. The van der Waals surface area contributed by atoms with Gasteiger partial charge in [-0.05, 0) is 56.2 Å². The molecule has 7 nitrogen and oxygen atoms in total. The van der Waals surface area contributed by atoms with Crippen LogP contribution in [0.5, 0.6) is 11.5 Å². The fraction of sp³-hybridized carbons (Fsp3) is 0.720. The van der Waals surface area contributed by atoms with E-state index in [-0.39, 0.29) is 6.54 Å². The molecule has 1 heterocycles. The lowest BCUT2D eigenvalue weighted by molar-refractivity contribution is 0.160. The van der Waals surface area contributed by atoms with Crippen molar-refractivity contribution in [2.45, 2.75) is 64.0 Å². The molecule has 0 spiro atoms. The van der Waals surface area contributed by atoms with Gasteiger partial charge in [-0.3, -0.25) is 4.99 Å². The molecular weight excluding hydrogens is 404 g/mol. The minimum absolute atomic E-state index is 0.270. The summed E-state index contributed by atoms with van der Waals surface area (Å²) < 4.78 is 10.6. The van der Waals surface area contributed by atoms with Gasteiger partial charge in [-0.2, -0.15) is 0 Å². The fourth-order valence-electron chi connectivity index (χ4n) is 4.81. The lowest BCUT2D eigenvalue weighted by atomic mass is 9.88. The minimum atomic E-state index is -0.730. The number of guanidine groups is 1. The summed E-state index contributed by atoms with van der Waals surface area (Å²) in [6.45, 7) is 6.70. The number of nitrogens with zero attached hydrogens (tertiary/aromatic N) is 2. The van der Waals surface area contributed by atoms with E-state index in [2.05, 4.69) is 27.4 Å². The summed E-state index contributed by atoms with van der Waals surface area (Å²) in [6.07, 6.45) is 8.62. The van der Waals surface area contributed by atoms with E-state index in [1.165, 1.54) is 38.6 Å². The van der Waals surface area contributed by atoms with E-state index in [1.807, 2.05) is 12.1 Å². The zero-order valence-corrected chi connectivity index (χ0v) is 20.1. The molecule has 3 N–H and O–H groups in total. The molecule has 1 aromatic rings. The first kappa shape index (κ1) is 24.6. The van der Waals surface area contributed by atoms with E-state index in [9.17, 15) is 5.11 Å². The van der Waals surface area contributed by atoms with Crippen LogP contribution < -0.4 is 20.1 Å². The van der Waals surface area contributed by atoms with Crippen LogP contribution in [-0.4, -0.2) is 69.0 Å². The van der Waals surface area contributed by atoms with Gasteiger partial charge in [0.1, 0.15) is 11.5 Å². The van der Waals surface area contributed by atoms with Crippen LogP contribution in [0.15, 0.2) is 23.2 Å². The van der Waals surface area contributed by atoms with Gasteiger partial charge in [0.05, 0.1) is 26.9 Å². The minimum Gasteiger partial charge on any atom is -0.497 e. The molecule has 1 aromatic carbocycles. The van der Waals surface area contributed by atoms with Crippen LogP contribution in [0.2, 0.25) is 0 Å². The number of ether oxygens (including phenoxy) is 2. The summed E-state index contributed by atoms with van der Waals surface area (Å²) in [4.78, 5) is 7.31. The molecule has 7 heteroatoms. The van der Waals surface area contributed by atoms with E-state index < -0.39 is 6.10 Å². The topological polar surface area (TPSA) is 78.4 Å². The first-order valence-corrected chi connectivity index (χ1v) is 12.3. The third-order valence-electron chi connectivity index (χ3n) is 6.69. The number of benzene rings is 1. The van der Waals surface area contributed by atoms with E-state index in [4.69, 9.17) is 9.47 Å². The summed E-state index contributed by atoms with van der Waals surface area (Å²) in [5.74, 6) is 3.00. The van der Waals surface area contributed by atoms with Crippen LogP contribution in [0.25, 0.3) is 0 Å². The highest BCUT2D eigenvalue weighted by Gasteiger charge is 2.23. The Morgan fingerprint density at radius 1 is 1.06 bits per heavy atom. The predicted molar refractivity (Wildman–Crippen MR) is 130 cm³/mol. The SMILES string of the molecule is CCNC(=NCC(O)c1cc(OC)cc(OC)c1)NC1CCN(CC2CCCCC2)CC1. The molecule has 1 atom stereocenters. The quantitative estimate of drug-likeness (QED) is 0.399. The molecule has 180 valence electrons. The highest BCUT2D eigenvalue weighted by Crippen LogP contribution is 2.27. The first-order chi connectivity index (χ1) is 15.6. The van der Waals surface area contributed by atoms with Crippen LogP contribution in [0, 0.1) is 5.92 Å². The van der Waals surface area contributed by atoms with Gasteiger partial charge in [0.2, 0.25) is 0 Å². The Kier molecular flexibility index (Phi) is 9.93. The van der Waals surface area contributed by atoms with E-state index in [0.29, 0.717) is 17.5 Å². The van der Waals surface area contributed by atoms with Crippen molar-refractivity contribution in [2.75, 3.05) is 46.9 Å². The zero-order valence-electron chi connectivity index (χ0n) is 20.1. The van der Waals surface area contributed by atoms with E-state index in [0.717, 1.165) is 49.9 Å². The maximum Gasteiger partial charge on any atom is 0.191 e. The second kappa shape index (κ2) is 12.9. The number of hydrogen-bond donors (Lipinski definition) is 3. The van der Waals surface area contributed by atoms with Crippen molar-refractivity contribution >= 4 is 5.96 Å². The number of piperidine rings is 1. The van der Waals surface area contributed by atoms with Gasteiger partial charge in [0.15, 0.2) is 5.96 Å². The first-order valence-electron chi connectivity index (χ1n) is 12.3. The molecule has 1 saturated heterocycles. The number of nitrogens with one attached hydrogen (secondary N) is 2. The van der Waals surface area contributed by atoms with E-state index >= 15 is 0 Å². The van der Waals surface area contributed by atoms with Crippen molar-refractivity contribution in [1.29, 1.82) is 0 Å². The summed E-state index contributed by atoms with van der Waals surface area (Å²) >= 11 is 0. The zero-order chi connectivity index (χ0) is 22.8. The highest BCUT2D eigenvalue weighted by molar-refractivity contribution is 5.80. The number of rotatable bonds is 9. The third-order valence-corrected chi connectivity index (χ3v) is 6.69. The molecule has 1 unspecified atom stereocenters. The van der Waals surface area contributed by atoms with Crippen LogP contribution in [0.4, 0.5) is 0 Å². The summed E-state index contributed by atoms with van der Waals surface area (Å²) in [7, 11) is 3.22. The second-order valence-electron chi connectivity index (χ2n) is 9.10. The maximum atomic E-state index is 10.7. The summed E-state index contributed by atoms with van der Waals surface area (Å²) in [5.41, 5.74) is 0.733. The number of likely N-dealkylation sites (tertiary alicyclic amines) is 1. The molecule has 32 heavy (non-hydrogen) atoms. The normalized spacial score (nSPS) is 20.1. The Morgan fingerprint density at radius 3 is 2.31 bits per heavy atom. The molecule has 0 amide bonds. The molecule has 0 aromatic heterocycles. The van der Waals surface area contributed by atoms with Crippen molar-refractivity contribution < 1.29 is 14.6 Å². The Bertz CT molecular complexity index is 691. The largest absolute Gasteiger partial charge is 0.497 e. The number of hydrogen-bond acceptors (Lipinski definition) is 5. The second-order valence-corrected chi connectivity index (χ2v) is 9.10. The molecular formula is C25H42N4O3. The van der Waals surface area contributed by atoms with Gasteiger partial charge < -0.3 is 30.1 Å². The lowest BCUT2D eigenvalue weighted by Gasteiger charge is -2.36. The predicted octanol–water partition coefficient (Wildman–Crippen LogP) is 3.34. The Hall–Kier alpha value is -1.99.